The largest absolute Gasteiger partial charge is 0.484 e. The smallest absolute Gasteiger partial charge is 0.258 e. The number of ether oxygens (including phenoxy) is 1. The zero-order valence-corrected chi connectivity index (χ0v) is 10.5. The van der Waals surface area contributed by atoms with Crippen molar-refractivity contribution in [1.82, 2.24) is 5.32 Å². The summed E-state index contributed by atoms with van der Waals surface area (Å²) in [6.45, 7) is 5.85. The van der Waals surface area contributed by atoms with E-state index >= 15 is 0 Å². The number of carbonyl (C=O) groups excluding carboxylic acids is 1. The topological polar surface area (TPSA) is 58.6 Å². The van der Waals surface area contributed by atoms with Gasteiger partial charge in [0, 0.05) is 6.54 Å². The molecule has 1 rings (SSSR count). The van der Waals surface area contributed by atoms with Gasteiger partial charge in [-0.15, -0.1) is 0 Å². The fourth-order valence-electron chi connectivity index (χ4n) is 1.27. The van der Waals surface area contributed by atoms with E-state index in [1.165, 1.54) is 5.56 Å². The number of carbonyl (C=O) groups is 1. The standard InChI is InChI=1S/C13H19NO3/c1-9-4-5-12(6-10(9)2)17-8-13(16)14-7-11(3)15/h4-6,11,15H,7-8H2,1-3H3,(H,14,16)/t11-/m0/s1. The molecule has 2 N–H and O–H groups in total. The van der Waals surface area contributed by atoms with Gasteiger partial charge in [0.05, 0.1) is 6.10 Å². The lowest BCUT2D eigenvalue weighted by Crippen LogP contribution is -2.34. The fourth-order valence-corrected chi connectivity index (χ4v) is 1.27. The van der Waals surface area contributed by atoms with Gasteiger partial charge in [0.15, 0.2) is 6.61 Å². The van der Waals surface area contributed by atoms with Crippen LogP contribution in [-0.4, -0.2) is 30.3 Å². The van der Waals surface area contributed by atoms with E-state index in [2.05, 4.69) is 5.32 Å². The van der Waals surface area contributed by atoms with Gasteiger partial charge in [0.2, 0.25) is 0 Å². The van der Waals surface area contributed by atoms with E-state index in [-0.39, 0.29) is 19.1 Å². The Morgan fingerprint density at radius 3 is 2.71 bits per heavy atom. The van der Waals surface area contributed by atoms with Crippen LogP contribution in [0.1, 0.15) is 18.1 Å². The average molecular weight is 237 g/mol. The van der Waals surface area contributed by atoms with Crippen molar-refractivity contribution >= 4 is 5.91 Å². The third kappa shape index (κ3) is 4.87. The summed E-state index contributed by atoms with van der Waals surface area (Å²) in [5, 5.41) is 11.6. The second-order valence-electron chi connectivity index (χ2n) is 4.19. The number of benzene rings is 1. The number of amides is 1. The average Bonchev–Trinajstić information content (AvgIpc) is 2.28. The second-order valence-corrected chi connectivity index (χ2v) is 4.19. The van der Waals surface area contributed by atoms with Crippen molar-refractivity contribution in [3.05, 3.63) is 29.3 Å². The van der Waals surface area contributed by atoms with Gasteiger partial charge in [-0.1, -0.05) is 6.07 Å². The number of hydrogen-bond donors (Lipinski definition) is 2. The first-order valence-corrected chi connectivity index (χ1v) is 5.64. The predicted molar refractivity (Wildman–Crippen MR) is 66.1 cm³/mol. The molecule has 0 aromatic heterocycles. The number of aliphatic hydroxyl groups excluding tert-OH is 1. The summed E-state index contributed by atoms with van der Waals surface area (Å²) in [6.07, 6.45) is -0.541. The van der Waals surface area contributed by atoms with Crippen molar-refractivity contribution in [2.75, 3.05) is 13.2 Å². The number of aliphatic hydroxyl groups is 1. The summed E-state index contributed by atoms with van der Waals surface area (Å²) in [5.74, 6) is 0.449. The summed E-state index contributed by atoms with van der Waals surface area (Å²) in [4.78, 5) is 11.3. The molecule has 0 bridgehead atoms. The van der Waals surface area contributed by atoms with Crippen molar-refractivity contribution < 1.29 is 14.6 Å². The van der Waals surface area contributed by atoms with Crippen LogP contribution < -0.4 is 10.1 Å². The van der Waals surface area contributed by atoms with Gasteiger partial charge < -0.3 is 15.2 Å². The molecule has 0 radical (unpaired) electrons. The Balaban J connectivity index is 2.39. The lowest BCUT2D eigenvalue weighted by molar-refractivity contribution is -0.123. The molecule has 0 saturated carbocycles. The second kappa shape index (κ2) is 6.25. The van der Waals surface area contributed by atoms with Crippen molar-refractivity contribution in [3.63, 3.8) is 0 Å². The van der Waals surface area contributed by atoms with E-state index in [9.17, 15) is 4.79 Å². The van der Waals surface area contributed by atoms with Crippen LogP contribution in [-0.2, 0) is 4.79 Å². The van der Waals surface area contributed by atoms with Gasteiger partial charge in [-0.2, -0.15) is 0 Å². The zero-order valence-electron chi connectivity index (χ0n) is 10.5. The monoisotopic (exact) mass is 237 g/mol. The predicted octanol–water partition coefficient (Wildman–Crippen LogP) is 1.18. The normalized spacial score (nSPS) is 12.0. The highest BCUT2D eigenvalue weighted by Crippen LogP contribution is 2.16. The van der Waals surface area contributed by atoms with Crippen LogP contribution in [0.2, 0.25) is 0 Å². The molecule has 0 unspecified atom stereocenters. The molecule has 1 aromatic rings. The molecule has 0 aliphatic rings. The summed E-state index contributed by atoms with van der Waals surface area (Å²) >= 11 is 0. The van der Waals surface area contributed by atoms with Crippen LogP contribution in [0.4, 0.5) is 0 Å². The third-order valence-corrected chi connectivity index (χ3v) is 2.44. The molecule has 4 nitrogen and oxygen atoms in total. The van der Waals surface area contributed by atoms with Crippen molar-refractivity contribution in [1.29, 1.82) is 0 Å². The molecule has 4 heteroatoms. The molecule has 0 saturated heterocycles. The molecule has 0 aliphatic carbocycles. The Morgan fingerprint density at radius 1 is 1.41 bits per heavy atom. The van der Waals surface area contributed by atoms with Gasteiger partial charge >= 0.3 is 0 Å². The lowest BCUT2D eigenvalue weighted by Gasteiger charge is -2.09. The van der Waals surface area contributed by atoms with Gasteiger partial charge in [0.25, 0.3) is 5.91 Å². The van der Waals surface area contributed by atoms with E-state index in [0.29, 0.717) is 5.75 Å². The SMILES string of the molecule is Cc1ccc(OCC(=O)NC[C@H](C)O)cc1C. The molecule has 94 valence electrons. The molecule has 0 fully saturated rings. The van der Waals surface area contributed by atoms with Gasteiger partial charge in [-0.3, -0.25) is 4.79 Å². The first-order chi connectivity index (χ1) is 7.99. The Morgan fingerprint density at radius 2 is 2.12 bits per heavy atom. The Kier molecular flexibility index (Phi) is 4.97. The maximum atomic E-state index is 11.3. The van der Waals surface area contributed by atoms with Crippen LogP contribution in [0.25, 0.3) is 0 Å². The summed E-state index contributed by atoms with van der Waals surface area (Å²) < 4.78 is 5.34. The van der Waals surface area contributed by atoms with Gasteiger partial charge in [-0.05, 0) is 44.0 Å². The molecule has 17 heavy (non-hydrogen) atoms. The number of rotatable bonds is 5. The van der Waals surface area contributed by atoms with Gasteiger partial charge in [-0.25, -0.2) is 0 Å². The van der Waals surface area contributed by atoms with Crippen LogP contribution >= 0.6 is 0 Å². The maximum absolute atomic E-state index is 11.3. The van der Waals surface area contributed by atoms with E-state index < -0.39 is 6.10 Å². The summed E-state index contributed by atoms with van der Waals surface area (Å²) in [5.41, 5.74) is 2.32. The minimum absolute atomic E-state index is 0.0325. The molecule has 1 atom stereocenters. The molecular formula is C13H19NO3. The van der Waals surface area contributed by atoms with Crippen LogP contribution in [0.3, 0.4) is 0 Å². The summed E-state index contributed by atoms with van der Waals surface area (Å²) in [7, 11) is 0. The highest BCUT2D eigenvalue weighted by molar-refractivity contribution is 5.77. The lowest BCUT2D eigenvalue weighted by atomic mass is 10.1. The minimum Gasteiger partial charge on any atom is -0.484 e. The molecule has 0 heterocycles. The van der Waals surface area contributed by atoms with Crippen molar-refractivity contribution in [2.45, 2.75) is 26.9 Å². The fraction of sp³-hybridized carbons (Fsp3) is 0.462. The van der Waals surface area contributed by atoms with Gasteiger partial charge in [0.1, 0.15) is 5.75 Å². The highest BCUT2D eigenvalue weighted by Gasteiger charge is 2.04. The first kappa shape index (κ1) is 13.5. The Hall–Kier alpha value is -1.55. The quantitative estimate of drug-likeness (QED) is 0.808. The molecule has 1 amide bonds. The van der Waals surface area contributed by atoms with Crippen LogP contribution in [0.5, 0.6) is 5.75 Å². The number of nitrogens with one attached hydrogen (secondary N) is 1. The number of aryl methyl sites for hydroxylation is 2. The highest BCUT2D eigenvalue weighted by atomic mass is 16.5. The van der Waals surface area contributed by atoms with E-state index in [0.717, 1.165) is 5.56 Å². The summed E-state index contributed by atoms with van der Waals surface area (Å²) in [6, 6.07) is 5.69. The van der Waals surface area contributed by atoms with Crippen molar-refractivity contribution in [2.24, 2.45) is 0 Å². The molecular weight excluding hydrogens is 218 g/mol. The third-order valence-electron chi connectivity index (χ3n) is 2.44. The van der Waals surface area contributed by atoms with E-state index in [4.69, 9.17) is 9.84 Å². The van der Waals surface area contributed by atoms with Crippen LogP contribution in [0.15, 0.2) is 18.2 Å². The minimum atomic E-state index is -0.541. The Labute approximate surface area is 102 Å². The number of hydrogen-bond acceptors (Lipinski definition) is 3. The Bertz CT molecular complexity index is 388. The van der Waals surface area contributed by atoms with Crippen molar-refractivity contribution in [3.8, 4) is 5.75 Å². The molecule has 0 aliphatic heterocycles. The van der Waals surface area contributed by atoms with Crippen LogP contribution in [0, 0.1) is 13.8 Å². The van der Waals surface area contributed by atoms with E-state index in [1.54, 1.807) is 6.92 Å². The molecule has 1 aromatic carbocycles. The van der Waals surface area contributed by atoms with E-state index in [1.807, 2.05) is 32.0 Å². The first-order valence-electron chi connectivity index (χ1n) is 5.64. The maximum Gasteiger partial charge on any atom is 0.258 e. The molecule has 0 spiro atoms. The zero-order chi connectivity index (χ0) is 12.8.